The van der Waals surface area contributed by atoms with E-state index in [4.69, 9.17) is 21.8 Å². The number of halogens is 8. The van der Waals surface area contributed by atoms with E-state index in [-0.39, 0.29) is 64.5 Å². The molecule has 12 rings (SSSR count). The van der Waals surface area contributed by atoms with E-state index in [2.05, 4.69) is 38.4 Å². The van der Waals surface area contributed by atoms with Gasteiger partial charge in [-0.1, -0.05) is 53.7 Å². The molecular formula is C62H56BrClF6N12O5. The smallest absolute Gasteiger partial charge is 0.355 e. The summed E-state index contributed by atoms with van der Waals surface area (Å²) in [5.41, 5.74) is 3.30. The highest BCUT2D eigenvalue weighted by Gasteiger charge is 2.39. The maximum Gasteiger partial charge on any atom is 0.417 e. The number of aryl methyl sites for hydroxylation is 1. The van der Waals surface area contributed by atoms with Crippen molar-refractivity contribution in [2.24, 2.45) is 11.8 Å². The summed E-state index contributed by atoms with van der Waals surface area (Å²) in [4.78, 5) is 73.5. The Morgan fingerprint density at radius 1 is 0.713 bits per heavy atom. The molecule has 2 aliphatic heterocycles. The number of hydrogen-bond donors (Lipinski definition) is 1. The van der Waals surface area contributed by atoms with Gasteiger partial charge < -0.3 is 19.7 Å². The average Bonchev–Trinajstić information content (AvgIpc) is 1.77. The number of nitrogens with one attached hydrogen (secondary N) is 1. The molecule has 87 heavy (non-hydrogen) atoms. The first-order valence-corrected chi connectivity index (χ1v) is 29.6. The van der Waals surface area contributed by atoms with E-state index < -0.39 is 52.4 Å². The van der Waals surface area contributed by atoms with Crippen molar-refractivity contribution in [2.45, 2.75) is 116 Å². The van der Waals surface area contributed by atoms with Gasteiger partial charge in [-0.2, -0.15) is 36.5 Å². The molecule has 9 aromatic rings. The summed E-state index contributed by atoms with van der Waals surface area (Å²) in [6.07, 6.45) is 0.663. The molecule has 25 heteroatoms. The van der Waals surface area contributed by atoms with E-state index in [1.165, 1.54) is 35.0 Å². The van der Waals surface area contributed by atoms with Crippen molar-refractivity contribution in [3.8, 4) is 22.8 Å². The van der Waals surface area contributed by atoms with Gasteiger partial charge in [0.25, 0.3) is 28.8 Å². The van der Waals surface area contributed by atoms with Crippen molar-refractivity contribution >= 4 is 56.5 Å². The van der Waals surface area contributed by atoms with Crippen LogP contribution < -0.4 is 16.4 Å². The molecule has 1 unspecified atom stereocenters. The lowest BCUT2D eigenvalue weighted by molar-refractivity contribution is -0.138. The molecule has 5 aromatic heterocycles. The molecule has 4 aromatic carbocycles. The monoisotopic (exact) mass is 1280 g/mol. The maximum absolute atomic E-state index is 15.0. The third-order valence-corrected chi connectivity index (χ3v) is 18.3. The van der Waals surface area contributed by atoms with E-state index >= 15 is 0 Å². The van der Waals surface area contributed by atoms with Crippen LogP contribution in [0.1, 0.15) is 122 Å². The average molecular weight is 1280 g/mol. The van der Waals surface area contributed by atoms with E-state index in [1.54, 1.807) is 75.0 Å². The Morgan fingerprint density at radius 2 is 1.23 bits per heavy atom. The molecule has 1 saturated carbocycles. The van der Waals surface area contributed by atoms with Crippen LogP contribution >= 0.6 is 27.5 Å². The Kier molecular flexibility index (Phi) is 15.4. The molecular weight excluding hydrogens is 1220 g/mol. The molecule has 1 N–H and O–H groups in total. The molecule has 1 fully saturated rings. The van der Waals surface area contributed by atoms with Gasteiger partial charge in [0.15, 0.2) is 5.82 Å². The summed E-state index contributed by atoms with van der Waals surface area (Å²) >= 11 is 8.87. The van der Waals surface area contributed by atoms with Gasteiger partial charge in [0.1, 0.15) is 17.6 Å². The number of hydrogen-bond acceptors (Lipinski definition) is 9. The third kappa shape index (κ3) is 10.8. The number of aromatic nitrogens is 9. The van der Waals surface area contributed by atoms with Crippen LogP contribution in [-0.2, 0) is 57.7 Å². The Balaban J connectivity index is 0.820. The minimum Gasteiger partial charge on any atom is -0.355 e. The summed E-state index contributed by atoms with van der Waals surface area (Å²) < 4.78 is 91.9. The fourth-order valence-corrected chi connectivity index (χ4v) is 13.0. The molecule has 1 aliphatic carbocycles. The van der Waals surface area contributed by atoms with Gasteiger partial charge in [-0.25, -0.2) is 9.03 Å². The lowest BCUT2D eigenvalue weighted by Crippen LogP contribution is -2.46. The van der Waals surface area contributed by atoms with Gasteiger partial charge in [-0.3, -0.25) is 33.1 Å². The largest absolute Gasteiger partial charge is 0.417 e. The Bertz CT molecular complexity index is 4360. The zero-order valence-electron chi connectivity index (χ0n) is 47.4. The molecule has 7 heterocycles. The minimum atomic E-state index is -4.77. The van der Waals surface area contributed by atoms with Crippen molar-refractivity contribution in [2.75, 3.05) is 7.05 Å². The summed E-state index contributed by atoms with van der Waals surface area (Å²) in [5, 5.41) is 20.5. The van der Waals surface area contributed by atoms with E-state index in [1.807, 2.05) is 28.8 Å². The molecule has 450 valence electrons. The number of rotatable bonds is 13. The van der Waals surface area contributed by atoms with Crippen LogP contribution in [0.5, 0.6) is 0 Å². The van der Waals surface area contributed by atoms with Crippen LogP contribution in [0.4, 0.5) is 26.3 Å². The lowest BCUT2D eigenvalue weighted by atomic mass is 9.81. The number of carbonyl (C=O) groups excluding carboxylic acids is 3. The van der Waals surface area contributed by atoms with Crippen LogP contribution in [0.2, 0.25) is 5.02 Å². The van der Waals surface area contributed by atoms with Crippen molar-refractivity contribution in [1.29, 1.82) is 0 Å². The second-order valence-corrected chi connectivity index (χ2v) is 24.2. The molecule has 0 bridgehead atoms. The molecule has 0 saturated heterocycles. The van der Waals surface area contributed by atoms with Crippen LogP contribution in [0.15, 0.2) is 118 Å². The highest BCUT2D eigenvalue weighted by Crippen LogP contribution is 2.39. The lowest BCUT2D eigenvalue weighted by Gasteiger charge is -2.35. The highest BCUT2D eigenvalue weighted by atomic mass is 79.9. The first-order valence-electron chi connectivity index (χ1n) is 28.4. The number of carbonyl (C=O) groups is 3. The number of benzene rings is 4. The fourth-order valence-electron chi connectivity index (χ4n) is 12.3. The summed E-state index contributed by atoms with van der Waals surface area (Å²) in [7, 11) is 1.52. The van der Waals surface area contributed by atoms with Crippen LogP contribution in [0.25, 0.3) is 34.1 Å². The zero-order chi connectivity index (χ0) is 61.5. The van der Waals surface area contributed by atoms with Crippen LogP contribution in [0, 0.1) is 11.8 Å². The van der Waals surface area contributed by atoms with E-state index in [0.29, 0.717) is 93.9 Å². The van der Waals surface area contributed by atoms with Crippen LogP contribution in [0.3, 0.4) is 0 Å². The second-order valence-electron chi connectivity index (χ2n) is 22.9. The van der Waals surface area contributed by atoms with Gasteiger partial charge in [0.2, 0.25) is 0 Å². The van der Waals surface area contributed by atoms with Gasteiger partial charge in [0, 0.05) is 74.7 Å². The second kappa shape index (κ2) is 22.7. The van der Waals surface area contributed by atoms with Gasteiger partial charge in [-0.15, -0.1) is 10.2 Å². The Morgan fingerprint density at radius 3 is 1.77 bits per heavy atom. The Labute approximate surface area is 506 Å². The standard InChI is InChI=1S/C62H56BrClF6N12O5/c1-33(22-41-28-73-81-51-30-77(57(84)39-12-18-49(63)47(26-39)61(65,66)67)34(2)23-45(51)59(86)79(55(41)81)44-16-10-38(11-17-44)54(83)71-4)20-21-76-32-72-75-53(76)37-8-14-43(15-9-37)80-56-42(25-36-6-5-7-36)29-74-82(56)52-31-78(35(3)24-46(52)60(80)87)58(85)40-13-19-50(64)48(27-40)62(68,69)70/h8-19,26-29,32-36H,5-7,20-25,30-31H2,1-4H3,(H,71,83)/t33?,34-,35-/m1/s1. The first-order chi connectivity index (χ1) is 41.5. The van der Waals surface area contributed by atoms with Crippen LogP contribution in [-0.4, -0.2) is 89.8 Å². The quantitative estimate of drug-likeness (QED) is 0.110. The topological polar surface area (TPSA) is 179 Å². The third-order valence-electron chi connectivity index (χ3n) is 17.2. The molecule has 3 amide bonds. The summed E-state index contributed by atoms with van der Waals surface area (Å²) in [6.45, 7) is 5.85. The maximum atomic E-state index is 15.0. The van der Waals surface area contributed by atoms with Crippen molar-refractivity contribution in [3.63, 3.8) is 0 Å². The number of nitrogens with zero attached hydrogens (tertiary/aromatic N) is 11. The van der Waals surface area contributed by atoms with Gasteiger partial charge in [0.05, 0.1) is 64.4 Å². The number of fused-ring (bicyclic) bond motifs is 6. The highest BCUT2D eigenvalue weighted by molar-refractivity contribution is 9.10. The predicted molar refractivity (Wildman–Crippen MR) is 314 cm³/mol. The van der Waals surface area contributed by atoms with Crippen molar-refractivity contribution in [1.82, 2.24) is 58.2 Å². The predicted octanol–water partition coefficient (Wildman–Crippen LogP) is 11.1. The normalized spacial score (nSPS) is 16.7. The van der Waals surface area contributed by atoms with Gasteiger partial charge in [-0.05, 0) is 143 Å². The molecule has 0 spiro atoms. The summed E-state index contributed by atoms with van der Waals surface area (Å²) in [5.74, 6) is -0.659. The minimum absolute atomic E-state index is 0.0418. The van der Waals surface area contributed by atoms with Gasteiger partial charge >= 0.3 is 12.4 Å². The first kappa shape index (κ1) is 59.0. The van der Waals surface area contributed by atoms with E-state index in [9.17, 15) is 50.3 Å². The molecule has 17 nitrogen and oxygen atoms in total. The summed E-state index contributed by atoms with van der Waals surface area (Å²) in [6, 6.07) is 19.3. The molecule has 3 atom stereocenters. The molecule has 0 radical (unpaired) electrons. The fraction of sp³-hybridized carbons (Fsp3) is 0.339. The van der Waals surface area contributed by atoms with E-state index in [0.717, 1.165) is 48.6 Å². The molecule has 3 aliphatic rings. The number of amides is 3. The zero-order valence-corrected chi connectivity index (χ0v) is 49.7. The SMILES string of the molecule is CNC(=O)c1ccc(-n2c(=O)c3c(n4ncc(CC(C)CCn5cnnc5-c5ccc(-n6c(=O)c7c(n8ncc(CC9CCC9)c68)CN(C(=O)c6ccc(Cl)c(C(F)(F)F)c6)[C@H](C)C7)cc5)c24)CN(C(=O)c2ccc(Br)c(C(F)(F)F)c2)[C@H](C)C3)cc1. The Hall–Kier alpha value is -8.38. The number of alkyl halides is 6. The van der Waals surface area contributed by atoms with Crippen molar-refractivity contribution < 1.29 is 40.7 Å². The van der Waals surface area contributed by atoms with Crippen molar-refractivity contribution in [3.05, 3.63) is 195 Å².